The summed E-state index contributed by atoms with van der Waals surface area (Å²) in [6, 6.07) is 14.6. The van der Waals surface area contributed by atoms with E-state index in [4.69, 9.17) is 5.73 Å². The highest BCUT2D eigenvalue weighted by Gasteiger charge is 2.24. The lowest BCUT2D eigenvalue weighted by atomic mass is 10.0. The highest BCUT2D eigenvalue weighted by molar-refractivity contribution is 6.34. The van der Waals surface area contributed by atoms with Gasteiger partial charge in [-0.3, -0.25) is 14.4 Å². The van der Waals surface area contributed by atoms with Gasteiger partial charge in [0.25, 0.3) is 11.8 Å². The van der Waals surface area contributed by atoms with Gasteiger partial charge in [-0.15, -0.1) is 0 Å². The zero-order valence-electron chi connectivity index (χ0n) is 19.2. The van der Waals surface area contributed by atoms with Crippen molar-refractivity contribution in [3.63, 3.8) is 0 Å². The lowest BCUT2D eigenvalue weighted by Gasteiger charge is -2.09. The summed E-state index contributed by atoms with van der Waals surface area (Å²) in [5.41, 5.74) is 8.56. The van der Waals surface area contributed by atoms with E-state index in [1.807, 2.05) is 0 Å². The number of hydrogen-bond donors (Lipinski definition) is 4. The normalized spacial score (nSPS) is 13.3. The third-order valence-electron chi connectivity index (χ3n) is 5.63. The Morgan fingerprint density at radius 2 is 1.75 bits per heavy atom. The Labute approximate surface area is 206 Å². The summed E-state index contributed by atoms with van der Waals surface area (Å²) in [6.07, 6.45) is 2.94. The number of anilines is 3. The molecule has 3 aromatic carbocycles. The van der Waals surface area contributed by atoms with Crippen molar-refractivity contribution in [2.75, 3.05) is 22.9 Å². The molecule has 1 heterocycles. The molecule has 0 saturated carbocycles. The lowest BCUT2D eigenvalue weighted by Crippen LogP contribution is -2.24. The topological polar surface area (TPSA) is 113 Å². The SMILES string of the molecule is Nc1cc(F)ccc1NC(=O)CCCCNC(=O)c1cccc(C=C2C(=O)Nc3ccc(F)cc32)c1. The summed E-state index contributed by atoms with van der Waals surface area (Å²) in [6.45, 7) is 0.366. The van der Waals surface area contributed by atoms with Crippen LogP contribution < -0.4 is 21.7 Å². The Balaban J connectivity index is 1.28. The van der Waals surface area contributed by atoms with Crippen LogP contribution >= 0.6 is 0 Å². The van der Waals surface area contributed by atoms with E-state index in [1.54, 1.807) is 30.3 Å². The van der Waals surface area contributed by atoms with E-state index in [-0.39, 0.29) is 29.8 Å². The molecule has 0 atom stereocenters. The molecule has 3 amide bonds. The Bertz CT molecular complexity index is 1370. The van der Waals surface area contributed by atoms with E-state index >= 15 is 0 Å². The minimum absolute atomic E-state index is 0.151. The van der Waals surface area contributed by atoms with Crippen molar-refractivity contribution in [1.29, 1.82) is 0 Å². The van der Waals surface area contributed by atoms with Gasteiger partial charge in [-0.25, -0.2) is 8.78 Å². The molecule has 0 aliphatic carbocycles. The third kappa shape index (κ3) is 5.93. The Morgan fingerprint density at radius 3 is 2.56 bits per heavy atom. The first-order valence-electron chi connectivity index (χ1n) is 11.4. The minimum atomic E-state index is -0.479. The van der Waals surface area contributed by atoms with Crippen molar-refractivity contribution in [3.8, 4) is 0 Å². The quantitative estimate of drug-likeness (QED) is 0.210. The molecule has 1 aliphatic heterocycles. The van der Waals surface area contributed by atoms with Crippen molar-refractivity contribution >= 4 is 46.4 Å². The van der Waals surface area contributed by atoms with Crippen LogP contribution in [0.5, 0.6) is 0 Å². The van der Waals surface area contributed by atoms with Crippen LogP contribution in [-0.4, -0.2) is 24.3 Å². The Hall–Kier alpha value is -4.53. The van der Waals surface area contributed by atoms with E-state index in [2.05, 4.69) is 16.0 Å². The summed E-state index contributed by atoms with van der Waals surface area (Å²) in [5, 5.41) is 8.14. The number of carbonyl (C=O) groups excluding carboxylic acids is 3. The van der Waals surface area contributed by atoms with Crippen molar-refractivity contribution in [1.82, 2.24) is 5.32 Å². The monoisotopic (exact) mass is 490 g/mol. The van der Waals surface area contributed by atoms with Gasteiger partial charge in [0.1, 0.15) is 11.6 Å². The van der Waals surface area contributed by atoms with Crippen LogP contribution in [0.25, 0.3) is 11.6 Å². The molecule has 0 aromatic heterocycles. The van der Waals surface area contributed by atoms with E-state index in [1.165, 1.54) is 30.3 Å². The number of benzene rings is 3. The van der Waals surface area contributed by atoms with Gasteiger partial charge in [0, 0.05) is 35.4 Å². The number of rotatable bonds is 8. The van der Waals surface area contributed by atoms with Crippen molar-refractivity contribution in [2.45, 2.75) is 19.3 Å². The molecule has 5 N–H and O–H groups in total. The molecule has 0 radical (unpaired) electrons. The fourth-order valence-electron chi connectivity index (χ4n) is 3.81. The maximum absolute atomic E-state index is 13.7. The van der Waals surface area contributed by atoms with E-state index < -0.39 is 11.6 Å². The number of nitrogens with two attached hydrogens (primary N) is 1. The first kappa shape index (κ1) is 24.6. The van der Waals surface area contributed by atoms with Gasteiger partial charge in [0.2, 0.25) is 5.91 Å². The van der Waals surface area contributed by atoms with Crippen molar-refractivity contribution in [2.24, 2.45) is 0 Å². The zero-order valence-corrected chi connectivity index (χ0v) is 19.2. The van der Waals surface area contributed by atoms with Gasteiger partial charge >= 0.3 is 0 Å². The molecule has 9 heteroatoms. The predicted molar refractivity (Wildman–Crippen MR) is 135 cm³/mol. The molecule has 36 heavy (non-hydrogen) atoms. The average Bonchev–Trinajstić information content (AvgIpc) is 3.15. The van der Waals surface area contributed by atoms with Crippen LogP contribution in [-0.2, 0) is 9.59 Å². The standard InChI is InChI=1S/C27H24F2N4O3/c28-18-7-9-23-20(14-18)21(27(36)33-23)13-16-4-3-5-17(12-16)26(35)31-11-2-1-6-25(34)32-24-10-8-19(29)15-22(24)30/h3-5,7-10,12-15H,1-2,6,11,30H2,(H,31,35)(H,32,34)(H,33,36). The van der Waals surface area contributed by atoms with E-state index in [9.17, 15) is 23.2 Å². The van der Waals surface area contributed by atoms with Crippen molar-refractivity contribution < 1.29 is 23.2 Å². The maximum Gasteiger partial charge on any atom is 0.256 e. The average molecular weight is 491 g/mol. The smallest absolute Gasteiger partial charge is 0.256 e. The lowest BCUT2D eigenvalue weighted by molar-refractivity contribution is -0.116. The van der Waals surface area contributed by atoms with Gasteiger partial charge < -0.3 is 21.7 Å². The molecule has 4 rings (SSSR count). The summed E-state index contributed by atoms with van der Waals surface area (Å²) < 4.78 is 26.8. The largest absolute Gasteiger partial charge is 0.397 e. The summed E-state index contributed by atoms with van der Waals surface area (Å²) in [4.78, 5) is 36.9. The second-order valence-electron chi connectivity index (χ2n) is 8.32. The molecule has 7 nitrogen and oxygen atoms in total. The molecule has 184 valence electrons. The molecule has 0 spiro atoms. The zero-order chi connectivity index (χ0) is 25.7. The van der Waals surface area contributed by atoms with Crippen LogP contribution in [0, 0.1) is 11.6 Å². The highest BCUT2D eigenvalue weighted by atomic mass is 19.1. The molecule has 0 bridgehead atoms. The van der Waals surface area contributed by atoms with Gasteiger partial charge in [0.05, 0.1) is 11.4 Å². The van der Waals surface area contributed by atoms with Crippen LogP contribution in [0.1, 0.15) is 40.7 Å². The van der Waals surface area contributed by atoms with Gasteiger partial charge in [-0.1, -0.05) is 12.1 Å². The third-order valence-corrected chi connectivity index (χ3v) is 5.63. The number of nitrogens with one attached hydrogen (secondary N) is 3. The molecule has 0 fully saturated rings. The second-order valence-corrected chi connectivity index (χ2v) is 8.32. The van der Waals surface area contributed by atoms with E-state index in [0.717, 1.165) is 6.07 Å². The van der Waals surface area contributed by atoms with Gasteiger partial charge in [-0.05, 0) is 73.0 Å². The first-order valence-corrected chi connectivity index (χ1v) is 11.4. The molecule has 3 aromatic rings. The van der Waals surface area contributed by atoms with Crippen LogP contribution in [0.3, 0.4) is 0 Å². The number of amides is 3. The molecule has 0 unspecified atom stereocenters. The summed E-state index contributed by atoms with van der Waals surface area (Å²) >= 11 is 0. The number of nitrogen functional groups attached to an aromatic ring is 1. The number of hydrogen-bond acceptors (Lipinski definition) is 4. The second kappa shape index (κ2) is 10.8. The number of fused-ring (bicyclic) bond motifs is 1. The summed E-state index contributed by atoms with van der Waals surface area (Å²) in [5.74, 6) is -1.80. The Kier molecular flexibility index (Phi) is 7.39. The van der Waals surface area contributed by atoms with Crippen LogP contribution in [0.2, 0.25) is 0 Å². The van der Waals surface area contributed by atoms with Crippen LogP contribution in [0.4, 0.5) is 25.8 Å². The van der Waals surface area contributed by atoms with Gasteiger partial charge in [0.15, 0.2) is 0 Å². The molecule has 1 aliphatic rings. The predicted octanol–water partition coefficient (Wildman–Crippen LogP) is 4.58. The van der Waals surface area contributed by atoms with Gasteiger partial charge in [-0.2, -0.15) is 0 Å². The molecular weight excluding hydrogens is 466 g/mol. The number of halogens is 2. The van der Waals surface area contributed by atoms with Crippen LogP contribution in [0.15, 0.2) is 60.7 Å². The van der Waals surface area contributed by atoms with Crippen molar-refractivity contribution in [3.05, 3.63) is 89.0 Å². The number of unbranched alkanes of at least 4 members (excludes halogenated alkanes) is 1. The fraction of sp³-hybridized carbons (Fsp3) is 0.148. The van der Waals surface area contributed by atoms with E-state index in [0.29, 0.717) is 53.0 Å². The Morgan fingerprint density at radius 1 is 0.972 bits per heavy atom. The fourth-order valence-corrected chi connectivity index (χ4v) is 3.81. The molecule has 0 saturated heterocycles. The highest BCUT2D eigenvalue weighted by Crippen LogP contribution is 2.33. The number of carbonyl (C=O) groups is 3. The maximum atomic E-state index is 13.7. The minimum Gasteiger partial charge on any atom is -0.397 e. The molecular formula is C27H24F2N4O3. The summed E-state index contributed by atoms with van der Waals surface area (Å²) in [7, 11) is 0. The first-order chi connectivity index (χ1) is 17.3.